The van der Waals surface area contributed by atoms with Crippen LogP contribution in [0.4, 0.5) is 13.9 Å². The highest BCUT2D eigenvalue weighted by molar-refractivity contribution is 7.19. The van der Waals surface area contributed by atoms with Gasteiger partial charge in [-0.05, 0) is 37.6 Å². The Morgan fingerprint density at radius 2 is 2.15 bits per heavy atom. The number of aryl methyl sites for hydroxylation is 2. The van der Waals surface area contributed by atoms with Crippen LogP contribution in [0.2, 0.25) is 0 Å². The molecule has 0 radical (unpaired) electrons. The highest BCUT2D eigenvalue weighted by Crippen LogP contribution is 2.33. The summed E-state index contributed by atoms with van der Waals surface area (Å²) < 4.78 is 32.8. The van der Waals surface area contributed by atoms with Crippen molar-refractivity contribution in [3.05, 3.63) is 70.1 Å². The number of carbonyl (C=O) groups excluding carboxylic acids is 1. The predicted molar refractivity (Wildman–Crippen MR) is 125 cm³/mol. The van der Waals surface area contributed by atoms with Crippen molar-refractivity contribution in [2.24, 2.45) is 0 Å². The number of aromatic nitrogens is 4. The lowest BCUT2D eigenvalue weighted by Crippen LogP contribution is -2.07. The third-order valence-electron chi connectivity index (χ3n) is 4.45. The molecule has 4 rings (SSSR count). The van der Waals surface area contributed by atoms with Crippen molar-refractivity contribution >= 4 is 39.8 Å². The second-order valence-electron chi connectivity index (χ2n) is 6.91. The Labute approximate surface area is 196 Å². The summed E-state index contributed by atoms with van der Waals surface area (Å²) in [6.07, 6.45) is 5.53. The average molecular weight is 488 g/mol. The molecule has 1 N–H and O–H groups in total. The minimum absolute atomic E-state index is 0.112. The number of benzene rings is 1. The molecule has 3 heterocycles. The van der Waals surface area contributed by atoms with E-state index < -0.39 is 12.5 Å². The van der Waals surface area contributed by atoms with E-state index in [4.69, 9.17) is 4.74 Å². The largest absolute Gasteiger partial charge is 0.487 e. The van der Waals surface area contributed by atoms with Gasteiger partial charge in [-0.1, -0.05) is 23.5 Å². The first-order valence-electron chi connectivity index (χ1n) is 9.81. The van der Waals surface area contributed by atoms with Gasteiger partial charge in [0.2, 0.25) is 5.91 Å². The molecule has 1 amide bonds. The molecule has 33 heavy (non-hydrogen) atoms. The van der Waals surface area contributed by atoms with Gasteiger partial charge in [0.25, 0.3) is 0 Å². The molecule has 4 aromatic rings. The van der Waals surface area contributed by atoms with Gasteiger partial charge in [-0.25, -0.2) is 15.0 Å². The zero-order valence-corrected chi connectivity index (χ0v) is 19.3. The molecule has 0 atom stereocenters. The number of rotatable bonds is 8. The molecule has 0 fully saturated rings. The molecule has 170 valence electrons. The molecule has 0 spiro atoms. The Morgan fingerprint density at radius 1 is 1.30 bits per heavy atom. The van der Waals surface area contributed by atoms with Crippen molar-refractivity contribution < 1.29 is 18.3 Å². The fraction of sp³-hybridized carbons (Fsp3) is 0.182. The molecule has 0 aliphatic carbocycles. The summed E-state index contributed by atoms with van der Waals surface area (Å²) in [5.41, 5.74) is 2.16. The van der Waals surface area contributed by atoms with Gasteiger partial charge in [-0.15, -0.1) is 11.3 Å². The molecule has 1 aromatic carbocycles. The number of hydrogen-bond donors (Lipinski definition) is 1. The monoisotopic (exact) mass is 487 g/mol. The van der Waals surface area contributed by atoms with Crippen LogP contribution in [0.25, 0.3) is 16.8 Å². The maximum absolute atomic E-state index is 13.1. The summed E-state index contributed by atoms with van der Waals surface area (Å²) in [4.78, 5) is 25.4. The zero-order valence-electron chi connectivity index (χ0n) is 17.7. The maximum atomic E-state index is 13.1. The normalized spacial score (nSPS) is 11.4. The molecule has 3 aromatic heterocycles. The van der Waals surface area contributed by atoms with Gasteiger partial charge in [-0.3, -0.25) is 14.7 Å². The lowest BCUT2D eigenvalue weighted by molar-refractivity contribution is -0.111. The van der Waals surface area contributed by atoms with Gasteiger partial charge in [0.05, 0.1) is 21.3 Å². The molecule has 0 bridgehead atoms. The number of nitrogens with one attached hydrogen (secondary N) is 1. The number of carbonyl (C=O) groups is 1. The van der Waals surface area contributed by atoms with E-state index in [1.54, 1.807) is 24.3 Å². The van der Waals surface area contributed by atoms with Crippen LogP contribution in [-0.2, 0) is 11.4 Å². The average Bonchev–Trinajstić information content (AvgIpc) is 3.51. The van der Waals surface area contributed by atoms with Crippen LogP contribution >= 0.6 is 22.7 Å². The SMILES string of the molecule is Cc1nc(COc2cccc(/C=C/C(=O)Nc3nc(C)c(-c4nccn4C(F)F)s3)c2)cs1. The topological polar surface area (TPSA) is 81.9 Å². The second kappa shape index (κ2) is 10.0. The maximum Gasteiger partial charge on any atom is 0.320 e. The van der Waals surface area contributed by atoms with E-state index in [2.05, 4.69) is 20.3 Å². The Bertz CT molecular complexity index is 1300. The standard InChI is InChI=1S/C22H19F2N5O2S2/c1-13-19(20-25-8-9-29(20)21(23)24)33-22(26-13)28-18(30)7-6-15-4-3-5-17(10-15)31-11-16-12-32-14(2)27-16/h3-10,12,21H,11H2,1-2H3,(H,26,28,30)/b7-6+. The first kappa shape index (κ1) is 22.7. The lowest BCUT2D eigenvalue weighted by Gasteiger charge is -2.05. The fourth-order valence-electron chi connectivity index (χ4n) is 2.96. The van der Waals surface area contributed by atoms with Crippen LogP contribution in [0.15, 0.2) is 48.1 Å². The number of thiazole rings is 2. The van der Waals surface area contributed by atoms with E-state index in [1.165, 1.54) is 18.5 Å². The minimum atomic E-state index is -2.71. The minimum Gasteiger partial charge on any atom is -0.487 e. The molecule has 0 saturated heterocycles. The summed E-state index contributed by atoms with van der Waals surface area (Å²) >= 11 is 2.66. The number of nitrogens with zero attached hydrogens (tertiary/aromatic N) is 4. The third kappa shape index (κ3) is 5.68. The van der Waals surface area contributed by atoms with Crippen LogP contribution in [0, 0.1) is 13.8 Å². The van der Waals surface area contributed by atoms with E-state index in [9.17, 15) is 13.6 Å². The van der Waals surface area contributed by atoms with Crippen LogP contribution < -0.4 is 10.1 Å². The molecular weight excluding hydrogens is 468 g/mol. The quantitative estimate of drug-likeness (QED) is 0.322. The van der Waals surface area contributed by atoms with Crippen molar-refractivity contribution in [1.29, 1.82) is 0 Å². The number of hydrogen-bond acceptors (Lipinski definition) is 7. The highest BCUT2D eigenvalue weighted by atomic mass is 32.1. The van der Waals surface area contributed by atoms with Gasteiger partial charge in [0.1, 0.15) is 12.4 Å². The number of amides is 1. The summed E-state index contributed by atoms with van der Waals surface area (Å²) in [5.74, 6) is 0.385. The van der Waals surface area contributed by atoms with E-state index in [-0.39, 0.29) is 5.82 Å². The Balaban J connectivity index is 1.39. The first-order chi connectivity index (χ1) is 15.9. The second-order valence-corrected chi connectivity index (χ2v) is 8.97. The fourth-order valence-corrected chi connectivity index (χ4v) is 4.53. The van der Waals surface area contributed by atoms with Gasteiger partial charge in [0, 0.05) is 23.8 Å². The molecule has 0 aliphatic heterocycles. The molecule has 0 aliphatic rings. The van der Waals surface area contributed by atoms with Gasteiger partial charge in [0.15, 0.2) is 11.0 Å². The molecule has 0 unspecified atom stereocenters. The first-order valence-corrected chi connectivity index (χ1v) is 11.5. The van der Waals surface area contributed by atoms with E-state index in [0.29, 0.717) is 28.1 Å². The highest BCUT2D eigenvalue weighted by Gasteiger charge is 2.19. The predicted octanol–water partition coefficient (Wildman–Crippen LogP) is 5.71. The van der Waals surface area contributed by atoms with Crippen LogP contribution in [-0.4, -0.2) is 25.4 Å². The molecule has 0 saturated carbocycles. The Morgan fingerprint density at radius 3 is 2.91 bits per heavy atom. The van der Waals surface area contributed by atoms with Crippen molar-refractivity contribution in [2.75, 3.05) is 5.32 Å². The number of ether oxygens (including phenoxy) is 1. The summed E-state index contributed by atoms with van der Waals surface area (Å²) in [7, 11) is 0. The summed E-state index contributed by atoms with van der Waals surface area (Å²) in [6.45, 7) is 1.28. The number of anilines is 1. The lowest BCUT2D eigenvalue weighted by atomic mass is 10.2. The number of alkyl halides is 2. The van der Waals surface area contributed by atoms with Gasteiger partial charge < -0.3 is 4.74 Å². The van der Waals surface area contributed by atoms with Crippen molar-refractivity contribution in [3.63, 3.8) is 0 Å². The van der Waals surface area contributed by atoms with Gasteiger partial charge in [-0.2, -0.15) is 8.78 Å². The Hall–Kier alpha value is -3.44. The van der Waals surface area contributed by atoms with Crippen LogP contribution in [0.1, 0.15) is 28.5 Å². The van der Waals surface area contributed by atoms with E-state index in [0.717, 1.165) is 32.2 Å². The number of imidazole rings is 1. The van der Waals surface area contributed by atoms with Crippen molar-refractivity contribution in [3.8, 4) is 16.5 Å². The number of halogens is 2. The summed E-state index contributed by atoms with van der Waals surface area (Å²) in [5, 5.41) is 5.91. The van der Waals surface area contributed by atoms with E-state index >= 15 is 0 Å². The van der Waals surface area contributed by atoms with Crippen molar-refractivity contribution in [2.45, 2.75) is 27.0 Å². The van der Waals surface area contributed by atoms with Gasteiger partial charge >= 0.3 is 6.55 Å². The third-order valence-corrected chi connectivity index (χ3v) is 6.34. The van der Waals surface area contributed by atoms with Crippen molar-refractivity contribution in [1.82, 2.24) is 19.5 Å². The summed E-state index contributed by atoms with van der Waals surface area (Å²) in [6, 6.07) is 7.33. The van der Waals surface area contributed by atoms with Crippen LogP contribution in [0.3, 0.4) is 0 Å². The molecule has 7 nitrogen and oxygen atoms in total. The zero-order chi connectivity index (χ0) is 23.4. The molecule has 11 heteroatoms. The Kier molecular flexibility index (Phi) is 6.90. The van der Waals surface area contributed by atoms with Crippen LogP contribution in [0.5, 0.6) is 5.75 Å². The molecular formula is C22H19F2N5O2S2. The smallest absolute Gasteiger partial charge is 0.320 e. The van der Waals surface area contributed by atoms with E-state index in [1.807, 2.05) is 36.6 Å².